The van der Waals surface area contributed by atoms with Crippen molar-refractivity contribution in [3.05, 3.63) is 53.5 Å². The summed E-state index contributed by atoms with van der Waals surface area (Å²) in [6.45, 7) is 3.33. The second-order valence-corrected chi connectivity index (χ2v) is 7.28. The van der Waals surface area contributed by atoms with E-state index in [0.29, 0.717) is 36.4 Å². The Hall–Kier alpha value is -2.27. The molecule has 0 spiro atoms. The van der Waals surface area contributed by atoms with Gasteiger partial charge < -0.3 is 20.4 Å². The third-order valence-corrected chi connectivity index (χ3v) is 5.38. The summed E-state index contributed by atoms with van der Waals surface area (Å²) in [7, 11) is 0. The van der Waals surface area contributed by atoms with E-state index in [1.165, 1.54) is 24.1 Å². The first-order chi connectivity index (χ1) is 12.1. The molecule has 1 saturated carbocycles. The molecule has 2 unspecified atom stereocenters. The lowest BCUT2D eigenvalue weighted by Gasteiger charge is -2.24. The number of carbonyl (C=O) groups excluding carboxylic acids is 1. The van der Waals surface area contributed by atoms with E-state index in [9.17, 15) is 4.79 Å². The first-order valence-electron chi connectivity index (χ1n) is 9.08. The normalized spacial score (nSPS) is 20.4. The minimum atomic E-state index is -0.0972. The predicted octanol–water partition coefficient (Wildman–Crippen LogP) is 2.70. The van der Waals surface area contributed by atoms with Gasteiger partial charge in [-0.2, -0.15) is 0 Å². The number of fused-ring (bicyclic) bond motifs is 1. The van der Waals surface area contributed by atoms with Gasteiger partial charge in [0.05, 0.1) is 18.4 Å². The van der Waals surface area contributed by atoms with E-state index >= 15 is 0 Å². The predicted molar refractivity (Wildman–Crippen MR) is 97.5 cm³/mol. The van der Waals surface area contributed by atoms with Crippen LogP contribution in [0.3, 0.4) is 0 Å². The van der Waals surface area contributed by atoms with Crippen molar-refractivity contribution < 1.29 is 9.21 Å². The van der Waals surface area contributed by atoms with Gasteiger partial charge in [-0.25, -0.2) is 0 Å². The van der Waals surface area contributed by atoms with Crippen LogP contribution >= 0.6 is 0 Å². The number of hydrogen-bond acceptors (Lipinski definition) is 4. The topological polar surface area (TPSA) is 71.5 Å². The van der Waals surface area contributed by atoms with E-state index in [-0.39, 0.29) is 11.9 Å². The minimum absolute atomic E-state index is 0.0600. The Balaban J connectivity index is 1.45. The number of furan rings is 1. The lowest BCUT2D eigenvalue weighted by molar-refractivity contribution is 0.0948. The van der Waals surface area contributed by atoms with E-state index in [1.807, 2.05) is 0 Å². The van der Waals surface area contributed by atoms with E-state index in [1.54, 1.807) is 12.3 Å². The molecule has 1 aliphatic heterocycles. The average Bonchev–Trinajstić information content (AvgIpc) is 3.28. The third kappa shape index (κ3) is 3.29. The Kier molecular flexibility index (Phi) is 4.25. The number of rotatable bonds is 6. The van der Waals surface area contributed by atoms with Gasteiger partial charge in [-0.1, -0.05) is 18.2 Å². The van der Waals surface area contributed by atoms with Gasteiger partial charge in [0.25, 0.3) is 5.91 Å². The zero-order valence-electron chi connectivity index (χ0n) is 14.6. The van der Waals surface area contributed by atoms with Crippen LogP contribution in [0, 0.1) is 5.92 Å². The number of nitrogens with one attached hydrogen (secondary N) is 1. The Bertz CT molecular complexity index is 766. The molecule has 1 aliphatic carbocycles. The van der Waals surface area contributed by atoms with Crippen molar-refractivity contribution in [1.82, 2.24) is 5.32 Å². The maximum atomic E-state index is 12.5. The molecule has 2 atom stereocenters. The molecule has 5 heteroatoms. The maximum Gasteiger partial charge on any atom is 0.254 e. The number of nitrogens with two attached hydrogens (primary N) is 1. The van der Waals surface area contributed by atoms with Crippen LogP contribution in [0.15, 0.2) is 41.0 Å². The van der Waals surface area contributed by atoms with E-state index in [4.69, 9.17) is 10.2 Å². The highest BCUT2D eigenvalue weighted by Gasteiger charge is 2.30. The lowest BCUT2D eigenvalue weighted by atomic mass is 10.1. The van der Waals surface area contributed by atoms with Crippen molar-refractivity contribution in [2.45, 2.75) is 44.8 Å². The van der Waals surface area contributed by atoms with Gasteiger partial charge in [0, 0.05) is 24.3 Å². The molecule has 2 heterocycles. The summed E-state index contributed by atoms with van der Waals surface area (Å²) in [4.78, 5) is 14.8. The number of benzene rings is 1. The minimum Gasteiger partial charge on any atom is -0.467 e. The molecular formula is C20H25N3O2. The molecule has 25 heavy (non-hydrogen) atoms. The number of para-hydroxylation sites is 1. The molecule has 2 aromatic rings. The van der Waals surface area contributed by atoms with Gasteiger partial charge in [0.1, 0.15) is 5.76 Å². The molecule has 4 rings (SSSR count). The smallest absolute Gasteiger partial charge is 0.254 e. The quantitative estimate of drug-likeness (QED) is 0.849. The molecular weight excluding hydrogens is 314 g/mol. The fraction of sp³-hybridized carbons (Fsp3) is 0.450. The molecule has 1 amide bonds. The van der Waals surface area contributed by atoms with Crippen molar-refractivity contribution in [3.8, 4) is 0 Å². The highest BCUT2D eigenvalue weighted by molar-refractivity contribution is 5.95. The summed E-state index contributed by atoms with van der Waals surface area (Å²) < 4.78 is 5.64. The van der Waals surface area contributed by atoms with Gasteiger partial charge in [-0.3, -0.25) is 4.79 Å². The van der Waals surface area contributed by atoms with E-state index < -0.39 is 0 Å². The molecule has 0 bridgehead atoms. The molecule has 1 aromatic heterocycles. The first-order valence-corrected chi connectivity index (χ1v) is 9.08. The van der Waals surface area contributed by atoms with Crippen LogP contribution < -0.4 is 16.0 Å². The van der Waals surface area contributed by atoms with E-state index in [0.717, 1.165) is 6.42 Å². The van der Waals surface area contributed by atoms with Crippen molar-refractivity contribution in [2.75, 3.05) is 11.4 Å². The van der Waals surface area contributed by atoms with Crippen LogP contribution in [0.4, 0.5) is 5.69 Å². The SMILES string of the molecule is CC1Cc2ccccc2N1Cc1occc1C(=O)NCC(N)C1CC1. The van der Waals surface area contributed by atoms with E-state index in [2.05, 4.69) is 41.4 Å². The second-order valence-electron chi connectivity index (χ2n) is 7.28. The Labute approximate surface area is 148 Å². The third-order valence-electron chi connectivity index (χ3n) is 5.38. The van der Waals surface area contributed by atoms with Gasteiger partial charge >= 0.3 is 0 Å². The highest BCUT2D eigenvalue weighted by atomic mass is 16.3. The highest BCUT2D eigenvalue weighted by Crippen LogP contribution is 2.34. The summed E-state index contributed by atoms with van der Waals surface area (Å²) in [5.41, 5.74) is 9.27. The second kappa shape index (κ2) is 6.56. The molecule has 5 nitrogen and oxygen atoms in total. The number of amides is 1. The fourth-order valence-electron chi connectivity index (χ4n) is 3.69. The van der Waals surface area contributed by atoms with Crippen molar-refractivity contribution in [1.29, 1.82) is 0 Å². The number of anilines is 1. The zero-order valence-corrected chi connectivity index (χ0v) is 14.6. The zero-order chi connectivity index (χ0) is 17.4. The monoisotopic (exact) mass is 339 g/mol. The molecule has 0 radical (unpaired) electrons. The Morgan fingerprint density at radius 2 is 2.16 bits per heavy atom. The molecule has 132 valence electrons. The number of hydrogen-bond donors (Lipinski definition) is 2. The Morgan fingerprint density at radius 1 is 1.36 bits per heavy atom. The summed E-state index contributed by atoms with van der Waals surface area (Å²) in [6, 6.07) is 10.6. The summed E-state index contributed by atoms with van der Waals surface area (Å²) in [5, 5.41) is 2.96. The molecule has 2 aliphatic rings. The average molecular weight is 339 g/mol. The van der Waals surface area contributed by atoms with Gasteiger partial charge in [-0.15, -0.1) is 0 Å². The number of carbonyl (C=O) groups is 1. The molecule has 1 fully saturated rings. The van der Waals surface area contributed by atoms with Crippen molar-refractivity contribution in [3.63, 3.8) is 0 Å². The molecule has 3 N–H and O–H groups in total. The van der Waals surface area contributed by atoms with Crippen molar-refractivity contribution in [2.24, 2.45) is 11.7 Å². The van der Waals surface area contributed by atoms with Crippen LogP contribution in [0.5, 0.6) is 0 Å². The number of nitrogens with zero attached hydrogens (tertiary/aromatic N) is 1. The maximum absolute atomic E-state index is 12.5. The Morgan fingerprint density at radius 3 is 2.96 bits per heavy atom. The van der Waals surface area contributed by atoms with Crippen molar-refractivity contribution >= 4 is 11.6 Å². The fourth-order valence-corrected chi connectivity index (χ4v) is 3.69. The van der Waals surface area contributed by atoms with Crippen LogP contribution in [-0.2, 0) is 13.0 Å². The standard InChI is InChI=1S/C20H25N3O2/c1-13-10-15-4-2-3-5-18(15)23(13)12-19-16(8-9-25-19)20(24)22-11-17(21)14-6-7-14/h2-5,8-9,13-14,17H,6-7,10-12,21H2,1H3,(H,22,24). The lowest BCUT2D eigenvalue weighted by Crippen LogP contribution is -2.39. The molecule has 0 saturated heterocycles. The van der Waals surface area contributed by atoms with Crippen LogP contribution in [0.25, 0.3) is 0 Å². The van der Waals surface area contributed by atoms with Crippen LogP contribution in [0.1, 0.15) is 41.4 Å². The summed E-state index contributed by atoms with van der Waals surface area (Å²) in [5.74, 6) is 1.19. The van der Waals surface area contributed by atoms with Crippen LogP contribution in [-0.4, -0.2) is 24.5 Å². The summed E-state index contributed by atoms with van der Waals surface area (Å²) in [6.07, 6.45) is 4.98. The molecule has 1 aromatic carbocycles. The first kappa shape index (κ1) is 16.2. The summed E-state index contributed by atoms with van der Waals surface area (Å²) >= 11 is 0. The van der Waals surface area contributed by atoms with Gasteiger partial charge in [-0.05, 0) is 49.8 Å². The van der Waals surface area contributed by atoms with Gasteiger partial charge in [0.15, 0.2) is 0 Å². The van der Waals surface area contributed by atoms with Gasteiger partial charge in [0.2, 0.25) is 0 Å². The largest absolute Gasteiger partial charge is 0.467 e. The van der Waals surface area contributed by atoms with Crippen LogP contribution in [0.2, 0.25) is 0 Å².